The number of nitrogens with zero attached hydrogens (tertiary/aromatic N) is 5. The largest absolute Gasteiger partial charge is 0.375 e. The summed E-state index contributed by atoms with van der Waals surface area (Å²) in [7, 11) is 1.60. The third-order valence-electron chi connectivity index (χ3n) is 8.09. The van der Waals surface area contributed by atoms with E-state index in [0.29, 0.717) is 34.9 Å². The van der Waals surface area contributed by atoms with E-state index in [1.807, 2.05) is 36.4 Å². The molecule has 0 saturated carbocycles. The Kier molecular flexibility index (Phi) is 8.92. The van der Waals surface area contributed by atoms with E-state index in [-0.39, 0.29) is 17.5 Å². The lowest BCUT2D eigenvalue weighted by atomic mass is 9.95. The maximum atomic E-state index is 14.3. The van der Waals surface area contributed by atoms with Crippen molar-refractivity contribution < 1.29 is 28.1 Å². The lowest BCUT2D eigenvalue weighted by Crippen LogP contribution is -2.59. The highest BCUT2D eigenvalue weighted by Gasteiger charge is 2.52. The summed E-state index contributed by atoms with van der Waals surface area (Å²) >= 11 is 10.8. The molecular weight excluding hydrogens is 689 g/mol. The van der Waals surface area contributed by atoms with Gasteiger partial charge in [-0.2, -0.15) is 0 Å². The highest BCUT2D eigenvalue weighted by molar-refractivity contribution is 9.10. The first-order chi connectivity index (χ1) is 21.9. The molecule has 3 saturated heterocycles. The lowest BCUT2D eigenvalue weighted by molar-refractivity contribution is -0.308. The molecule has 7 rings (SSSR count). The van der Waals surface area contributed by atoms with Crippen LogP contribution in [0.3, 0.4) is 0 Å². The number of rotatable bonds is 7. The van der Waals surface area contributed by atoms with Gasteiger partial charge in [-0.05, 0) is 40.5 Å². The van der Waals surface area contributed by atoms with Crippen LogP contribution in [0, 0.1) is 5.82 Å². The SMILES string of the molecule is COC1[C@@H](Sc2cc(Br)cnc2C(=O)N2CCC2)OC2COC(c3ccccc3)O[C@@H]2[C@@H]1n1cc(-c2ccc(Cl)c(F)c2)nn1. The Morgan fingerprint density at radius 3 is 2.71 bits per heavy atom. The molecule has 5 heterocycles. The number of benzene rings is 2. The smallest absolute Gasteiger partial charge is 0.273 e. The van der Waals surface area contributed by atoms with E-state index in [0.717, 1.165) is 16.5 Å². The second-order valence-electron chi connectivity index (χ2n) is 10.9. The molecule has 4 aromatic rings. The molecular formula is C31H28BrClFN5O5S. The molecule has 0 aliphatic carbocycles. The molecule has 45 heavy (non-hydrogen) atoms. The number of hydrogen-bond acceptors (Lipinski definition) is 9. The number of likely N-dealkylation sites (tertiary alicyclic amines) is 1. The number of methoxy groups -OCH3 is 1. The van der Waals surface area contributed by atoms with E-state index in [1.165, 1.54) is 23.9 Å². The number of pyridine rings is 1. The summed E-state index contributed by atoms with van der Waals surface area (Å²) in [5.74, 6) is -0.674. The Labute approximate surface area is 276 Å². The van der Waals surface area contributed by atoms with E-state index in [9.17, 15) is 9.18 Å². The molecule has 0 N–H and O–H groups in total. The highest BCUT2D eigenvalue weighted by Crippen LogP contribution is 2.45. The van der Waals surface area contributed by atoms with Crippen molar-refractivity contribution in [3.05, 3.63) is 93.6 Å². The van der Waals surface area contributed by atoms with Crippen molar-refractivity contribution in [2.45, 2.75) is 47.4 Å². The average Bonchev–Trinajstić information content (AvgIpc) is 3.51. The standard InChI is InChI=1S/C31H28BrClFN5O5S/c1-41-28-26(39-15-22(36-37-39)18-8-9-20(33)21(34)12-18)27-23(16-42-30(44-27)17-6-3-2-4-7-17)43-31(28)45-24-13-19(32)14-35-25(24)29(40)38-10-5-11-38/h2-4,6-9,12-15,23,26-28,30-31H,5,10-11,16H2,1H3/t23?,26-,27-,28?,30?,31+/m0/s1. The molecule has 10 nitrogen and oxygen atoms in total. The minimum Gasteiger partial charge on any atom is -0.375 e. The van der Waals surface area contributed by atoms with Gasteiger partial charge in [0.15, 0.2) is 6.29 Å². The van der Waals surface area contributed by atoms with Gasteiger partial charge in [0.05, 0.1) is 17.8 Å². The quantitative estimate of drug-likeness (QED) is 0.231. The number of halogens is 3. The number of thioether (sulfide) groups is 1. The van der Waals surface area contributed by atoms with Crippen molar-refractivity contribution in [3.63, 3.8) is 0 Å². The van der Waals surface area contributed by atoms with Gasteiger partial charge in [0.1, 0.15) is 47.0 Å². The van der Waals surface area contributed by atoms with Crippen LogP contribution in [-0.2, 0) is 18.9 Å². The van der Waals surface area contributed by atoms with Gasteiger partial charge in [0.2, 0.25) is 0 Å². The van der Waals surface area contributed by atoms with Gasteiger partial charge >= 0.3 is 0 Å². The Morgan fingerprint density at radius 2 is 1.98 bits per heavy atom. The topological polar surface area (TPSA) is 101 Å². The molecule has 1 amide bonds. The van der Waals surface area contributed by atoms with Gasteiger partial charge in [-0.3, -0.25) is 4.79 Å². The minimum atomic E-state index is -0.636. The summed E-state index contributed by atoms with van der Waals surface area (Å²) < 4.78 is 42.2. The molecule has 14 heteroatoms. The van der Waals surface area contributed by atoms with Crippen LogP contribution in [0.2, 0.25) is 5.02 Å². The van der Waals surface area contributed by atoms with E-state index >= 15 is 0 Å². The molecule has 3 fully saturated rings. The predicted molar refractivity (Wildman–Crippen MR) is 167 cm³/mol. The molecule has 0 spiro atoms. The fourth-order valence-corrected chi connectivity index (χ4v) is 7.57. The van der Waals surface area contributed by atoms with Crippen LogP contribution in [0.4, 0.5) is 4.39 Å². The third kappa shape index (κ3) is 6.14. The van der Waals surface area contributed by atoms with Crippen molar-refractivity contribution in [3.8, 4) is 11.3 Å². The van der Waals surface area contributed by atoms with Crippen LogP contribution in [0.1, 0.15) is 34.8 Å². The summed E-state index contributed by atoms with van der Waals surface area (Å²) in [6.07, 6.45) is 2.02. The molecule has 2 aromatic carbocycles. The highest BCUT2D eigenvalue weighted by atomic mass is 79.9. The van der Waals surface area contributed by atoms with E-state index < -0.39 is 41.9 Å². The zero-order valence-electron chi connectivity index (χ0n) is 24.0. The molecule has 3 unspecified atom stereocenters. The summed E-state index contributed by atoms with van der Waals surface area (Å²) in [4.78, 5) is 20.2. The fraction of sp³-hybridized carbons (Fsp3) is 0.355. The van der Waals surface area contributed by atoms with Crippen LogP contribution in [-0.4, -0.2) is 81.3 Å². The number of carbonyl (C=O) groups excluding carboxylic acids is 1. The maximum absolute atomic E-state index is 14.3. The van der Waals surface area contributed by atoms with Crippen LogP contribution in [0.25, 0.3) is 11.3 Å². The zero-order chi connectivity index (χ0) is 31.1. The first-order valence-corrected chi connectivity index (χ1v) is 16.4. The third-order valence-corrected chi connectivity index (χ3v) is 10.0. The summed E-state index contributed by atoms with van der Waals surface area (Å²) in [6.45, 7) is 1.65. The van der Waals surface area contributed by atoms with Gasteiger partial charge < -0.3 is 23.8 Å². The zero-order valence-corrected chi connectivity index (χ0v) is 27.1. The van der Waals surface area contributed by atoms with E-state index in [2.05, 4.69) is 31.2 Å². The van der Waals surface area contributed by atoms with Gasteiger partial charge in [0.25, 0.3) is 5.91 Å². The first-order valence-electron chi connectivity index (χ1n) is 14.4. The average molecular weight is 717 g/mol. The number of fused-ring (bicyclic) bond motifs is 1. The predicted octanol–water partition coefficient (Wildman–Crippen LogP) is 5.93. The van der Waals surface area contributed by atoms with Crippen molar-refractivity contribution in [1.29, 1.82) is 0 Å². The lowest BCUT2D eigenvalue weighted by Gasteiger charge is -2.48. The van der Waals surface area contributed by atoms with Gasteiger partial charge in [0, 0.05) is 46.9 Å². The van der Waals surface area contributed by atoms with Crippen molar-refractivity contribution in [2.75, 3.05) is 26.8 Å². The molecule has 2 aromatic heterocycles. The number of ether oxygens (including phenoxy) is 4. The van der Waals surface area contributed by atoms with Crippen LogP contribution in [0.5, 0.6) is 0 Å². The number of amides is 1. The normalized spacial score (nSPS) is 26.3. The Hall–Kier alpha value is -2.91. The Balaban J connectivity index is 1.24. The summed E-state index contributed by atoms with van der Waals surface area (Å²) in [5.41, 5.74) is 1.59. The monoisotopic (exact) mass is 715 g/mol. The van der Waals surface area contributed by atoms with Crippen molar-refractivity contribution in [1.82, 2.24) is 24.9 Å². The molecule has 0 radical (unpaired) electrons. The van der Waals surface area contributed by atoms with E-state index in [4.69, 9.17) is 30.5 Å². The Morgan fingerprint density at radius 1 is 1.16 bits per heavy atom. The molecule has 0 bridgehead atoms. The molecule has 3 aliphatic rings. The van der Waals surface area contributed by atoms with Crippen LogP contribution in [0.15, 0.2) is 76.4 Å². The number of aromatic nitrogens is 4. The maximum Gasteiger partial charge on any atom is 0.273 e. The molecule has 234 valence electrons. The molecule has 6 atom stereocenters. The summed E-state index contributed by atoms with van der Waals surface area (Å²) in [5, 5.41) is 8.84. The van der Waals surface area contributed by atoms with Crippen LogP contribution >= 0.6 is 39.3 Å². The first kappa shape index (κ1) is 30.7. The fourth-order valence-electron chi connectivity index (χ4n) is 5.67. The second-order valence-corrected chi connectivity index (χ2v) is 13.4. The van der Waals surface area contributed by atoms with Crippen LogP contribution < -0.4 is 0 Å². The van der Waals surface area contributed by atoms with Crippen molar-refractivity contribution in [2.24, 2.45) is 0 Å². The number of hydrogen-bond donors (Lipinski definition) is 0. The minimum absolute atomic E-state index is 0.0225. The van der Waals surface area contributed by atoms with E-state index in [1.54, 1.807) is 35.2 Å². The van der Waals surface area contributed by atoms with Gasteiger partial charge in [-0.1, -0.05) is 65.0 Å². The van der Waals surface area contributed by atoms with Gasteiger partial charge in [-0.25, -0.2) is 14.1 Å². The molecule has 3 aliphatic heterocycles. The number of carbonyl (C=O) groups is 1. The second kappa shape index (κ2) is 13.1. The van der Waals surface area contributed by atoms with Crippen molar-refractivity contribution >= 4 is 45.2 Å². The Bertz CT molecular complexity index is 1700. The summed E-state index contributed by atoms with van der Waals surface area (Å²) in [6, 6.07) is 15.5. The van der Waals surface area contributed by atoms with Gasteiger partial charge in [-0.15, -0.1) is 5.10 Å².